The van der Waals surface area contributed by atoms with Crippen molar-refractivity contribution in [1.29, 1.82) is 0 Å². The number of aromatic nitrogens is 2. The van der Waals surface area contributed by atoms with Gasteiger partial charge in [-0.1, -0.05) is 19.4 Å². The summed E-state index contributed by atoms with van der Waals surface area (Å²) < 4.78 is 2.11. The summed E-state index contributed by atoms with van der Waals surface area (Å²) in [6, 6.07) is 6.21. The van der Waals surface area contributed by atoms with E-state index in [0.29, 0.717) is 0 Å². The minimum Gasteiger partial charge on any atom is -0.371 e. The average molecular weight is 229 g/mol. The molecule has 3 heteroatoms. The van der Waals surface area contributed by atoms with Crippen LogP contribution in [-0.2, 0) is 0 Å². The average Bonchev–Trinajstić information content (AvgIpc) is 2.94. The van der Waals surface area contributed by atoms with Gasteiger partial charge in [0.25, 0.3) is 0 Å². The van der Waals surface area contributed by atoms with Crippen LogP contribution in [0.1, 0.15) is 26.2 Å². The summed E-state index contributed by atoms with van der Waals surface area (Å²) >= 11 is 0. The highest BCUT2D eigenvalue weighted by molar-refractivity contribution is 5.49. The Hall–Kier alpha value is -1.51. The summed E-state index contributed by atoms with van der Waals surface area (Å²) in [5, 5.41) is 3.56. The summed E-state index contributed by atoms with van der Waals surface area (Å²) in [4.78, 5) is 4.29. The molecule has 3 rings (SSSR count). The van der Waals surface area contributed by atoms with Crippen molar-refractivity contribution in [1.82, 2.24) is 9.38 Å². The molecular weight excluding hydrogens is 210 g/mol. The Morgan fingerprint density at radius 3 is 3.18 bits per heavy atom. The van der Waals surface area contributed by atoms with Crippen LogP contribution in [-0.4, -0.2) is 15.9 Å². The van der Waals surface area contributed by atoms with Crippen LogP contribution in [0.3, 0.4) is 0 Å². The van der Waals surface area contributed by atoms with Crippen molar-refractivity contribution in [2.75, 3.05) is 11.9 Å². The maximum absolute atomic E-state index is 4.29. The molecule has 2 atom stereocenters. The lowest BCUT2D eigenvalue weighted by molar-refractivity contribution is 0.536. The van der Waals surface area contributed by atoms with Crippen molar-refractivity contribution in [2.24, 2.45) is 11.8 Å². The highest BCUT2D eigenvalue weighted by atomic mass is 15.1. The molecule has 90 valence electrons. The lowest BCUT2D eigenvalue weighted by Gasteiger charge is -2.13. The molecule has 2 aromatic rings. The molecule has 3 nitrogen and oxygen atoms in total. The maximum atomic E-state index is 4.29. The lowest BCUT2D eigenvalue weighted by Crippen LogP contribution is -2.13. The van der Waals surface area contributed by atoms with Crippen LogP contribution in [0.25, 0.3) is 5.65 Å². The number of rotatable bonds is 3. The largest absolute Gasteiger partial charge is 0.371 e. The Morgan fingerprint density at radius 2 is 2.35 bits per heavy atom. The molecule has 1 N–H and O–H groups in total. The Kier molecular flexibility index (Phi) is 2.75. The van der Waals surface area contributed by atoms with Crippen LogP contribution in [0.5, 0.6) is 0 Å². The topological polar surface area (TPSA) is 29.3 Å². The molecule has 1 aliphatic carbocycles. The van der Waals surface area contributed by atoms with Gasteiger partial charge >= 0.3 is 0 Å². The van der Waals surface area contributed by atoms with Gasteiger partial charge in [-0.2, -0.15) is 0 Å². The fourth-order valence-corrected chi connectivity index (χ4v) is 2.85. The van der Waals surface area contributed by atoms with Gasteiger partial charge in [0.15, 0.2) is 0 Å². The fourth-order valence-electron chi connectivity index (χ4n) is 2.85. The third-order valence-electron chi connectivity index (χ3n) is 3.80. The van der Waals surface area contributed by atoms with E-state index in [9.17, 15) is 0 Å². The second-order valence-electron chi connectivity index (χ2n) is 5.23. The molecule has 1 saturated carbocycles. The zero-order valence-electron chi connectivity index (χ0n) is 10.3. The molecule has 0 spiro atoms. The van der Waals surface area contributed by atoms with Crippen LogP contribution >= 0.6 is 0 Å². The molecule has 1 fully saturated rings. The molecule has 0 saturated heterocycles. The quantitative estimate of drug-likeness (QED) is 0.876. The van der Waals surface area contributed by atoms with E-state index in [1.165, 1.54) is 19.3 Å². The number of nitrogens with one attached hydrogen (secondary N) is 1. The lowest BCUT2D eigenvalue weighted by atomic mass is 10.1. The van der Waals surface area contributed by atoms with E-state index in [1.807, 2.05) is 18.5 Å². The molecule has 0 aromatic carbocycles. The van der Waals surface area contributed by atoms with Crippen LogP contribution < -0.4 is 5.32 Å². The van der Waals surface area contributed by atoms with E-state index in [0.717, 1.165) is 29.8 Å². The summed E-state index contributed by atoms with van der Waals surface area (Å²) in [6.07, 6.45) is 7.98. The third kappa shape index (κ3) is 2.14. The normalized spacial score (nSPS) is 24.3. The number of hydrogen-bond donors (Lipinski definition) is 1. The van der Waals surface area contributed by atoms with Gasteiger partial charge in [0.1, 0.15) is 11.5 Å². The smallest absolute Gasteiger partial charge is 0.138 e. The molecule has 2 aromatic heterocycles. The number of imidazole rings is 1. The van der Waals surface area contributed by atoms with Gasteiger partial charge < -0.3 is 5.32 Å². The number of hydrogen-bond acceptors (Lipinski definition) is 2. The van der Waals surface area contributed by atoms with Crippen molar-refractivity contribution in [2.45, 2.75) is 26.2 Å². The van der Waals surface area contributed by atoms with Crippen molar-refractivity contribution in [3.8, 4) is 0 Å². The zero-order chi connectivity index (χ0) is 11.7. The monoisotopic (exact) mass is 229 g/mol. The number of anilines is 1. The number of fused-ring (bicyclic) bond motifs is 1. The first kappa shape index (κ1) is 10.6. The Morgan fingerprint density at radius 1 is 1.41 bits per heavy atom. The molecule has 1 aliphatic rings. The molecule has 2 heterocycles. The minimum atomic E-state index is 0.837. The van der Waals surface area contributed by atoms with Crippen LogP contribution in [0.15, 0.2) is 30.6 Å². The summed E-state index contributed by atoms with van der Waals surface area (Å²) in [5.41, 5.74) is 1.01. The molecule has 0 radical (unpaired) electrons. The first-order valence-electron chi connectivity index (χ1n) is 6.49. The summed E-state index contributed by atoms with van der Waals surface area (Å²) in [5.74, 6) is 2.90. The van der Waals surface area contributed by atoms with Crippen LogP contribution in [0.4, 0.5) is 5.82 Å². The van der Waals surface area contributed by atoms with Gasteiger partial charge in [-0.05, 0) is 36.8 Å². The summed E-state index contributed by atoms with van der Waals surface area (Å²) in [6.45, 7) is 3.44. The molecule has 0 bridgehead atoms. The minimum absolute atomic E-state index is 0.837. The Bertz CT molecular complexity index is 503. The second-order valence-corrected chi connectivity index (χ2v) is 5.23. The highest BCUT2D eigenvalue weighted by Crippen LogP contribution is 2.30. The van der Waals surface area contributed by atoms with Gasteiger partial charge in [-0.3, -0.25) is 4.40 Å². The molecule has 0 amide bonds. The first-order valence-corrected chi connectivity index (χ1v) is 6.49. The van der Waals surface area contributed by atoms with Gasteiger partial charge in [-0.15, -0.1) is 0 Å². The van der Waals surface area contributed by atoms with Crippen LogP contribution in [0.2, 0.25) is 0 Å². The summed E-state index contributed by atoms with van der Waals surface area (Å²) in [7, 11) is 0. The van der Waals surface area contributed by atoms with Gasteiger partial charge in [0.2, 0.25) is 0 Å². The van der Waals surface area contributed by atoms with E-state index >= 15 is 0 Å². The predicted octanol–water partition coefficient (Wildman–Crippen LogP) is 3.18. The van der Waals surface area contributed by atoms with Gasteiger partial charge in [0.05, 0.1) is 0 Å². The Balaban J connectivity index is 1.70. The standard InChI is InChI=1S/C14H19N3/c1-11-5-6-12(9-11)10-16-14-4-2-3-13-15-7-8-17(13)14/h2-4,7-8,11-12,16H,5-6,9-10H2,1H3. The third-order valence-corrected chi connectivity index (χ3v) is 3.80. The zero-order valence-corrected chi connectivity index (χ0v) is 10.3. The van der Waals surface area contributed by atoms with Crippen LogP contribution in [0, 0.1) is 11.8 Å². The van der Waals surface area contributed by atoms with E-state index in [1.54, 1.807) is 0 Å². The van der Waals surface area contributed by atoms with Crippen molar-refractivity contribution >= 4 is 11.5 Å². The second kappa shape index (κ2) is 4.40. The van der Waals surface area contributed by atoms with E-state index < -0.39 is 0 Å². The highest BCUT2D eigenvalue weighted by Gasteiger charge is 2.20. The molecule has 0 aliphatic heterocycles. The van der Waals surface area contributed by atoms with Gasteiger partial charge in [-0.25, -0.2) is 4.98 Å². The van der Waals surface area contributed by atoms with E-state index in [-0.39, 0.29) is 0 Å². The maximum Gasteiger partial charge on any atom is 0.138 e. The van der Waals surface area contributed by atoms with E-state index in [2.05, 4.69) is 33.8 Å². The van der Waals surface area contributed by atoms with Crippen molar-refractivity contribution in [3.05, 3.63) is 30.6 Å². The predicted molar refractivity (Wildman–Crippen MR) is 70.2 cm³/mol. The van der Waals surface area contributed by atoms with E-state index in [4.69, 9.17) is 0 Å². The SMILES string of the molecule is CC1CCC(CNc2cccc3nccn23)C1. The molecule has 2 unspecified atom stereocenters. The van der Waals surface area contributed by atoms with Crippen molar-refractivity contribution in [3.63, 3.8) is 0 Å². The first-order chi connectivity index (χ1) is 8.33. The number of nitrogens with zero attached hydrogens (tertiary/aromatic N) is 2. The van der Waals surface area contributed by atoms with Gasteiger partial charge in [0, 0.05) is 18.9 Å². The fraction of sp³-hybridized carbons (Fsp3) is 0.500. The molecular formula is C14H19N3. The number of pyridine rings is 1. The molecule has 17 heavy (non-hydrogen) atoms. The Labute approximate surface area is 102 Å². The van der Waals surface area contributed by atoms with Crippen molar-refractivity contribution < 1.29 is 0 Å².